The second-order valence-corrected chi connectivity index (χ2v) is 2.85. The smallest absolute Gasteiger partial charge is 0.193 e. The van der Waals surface area contributed by atoms with Gasteiger partial charge >= 0.3 is 0 Å². The Morgan fingerprint density at radius 3 is 3.09 bits per heavy atom. The maximum atomic E-state index is 11.0. The fourth-order valence-corrected chi connectivity index (χ4v) is 1.24. The van der Waals surface area contributed by atoms with Crippen molar-refractivity contribution in [2.75, 3.05) is 0 Å². The van der Waals surface area contributed by atoms with Gasteiger partial charge in [-0.1, -0.05) is 30.4 Å². The highest BCUT2D eigenvalue weighted by molar-refractivity contribution is 7.80. The first-order chi connectivity index (χ1) is 5.25. The average Bonchev–Trinajstić information content (AvgIpc) is 1.99. The molecule has 11 heavy (non-hydrogen) atoms. The SMILES string of the molecule is C=CCC1C=CC=C([O])C1=S. The number of hydrogen-bond acceptors (Lipinski definition) is 1. The van der Waals surface area contributed by atoms with Gasteiger partial charge in [0.2, 0.25) is 0 Å². The molecule has 2 heteroatoms. The second-order valence-electron chi connectivity index (χ2n) is 2.41. The Morgan fingerprint density at radius 2 is 2.45 bits per heavy atom. The van der Waals surface area contributed by atoms with Crippen LogP contribution in [0.1, 0.15) is 6.42 Å². The van der Waals surface area contributed by atoms with E-state index in [2.05, 4.69) is 6.58 Å². The fourth-order valence-electron chi connectivity index (χ4n) is 0.994. The molecular formula is C9H9OS. The van der Waals surface area contributed by atoms with E-state index in [9.17, 15) is 5.11 Å². The van der Waals surface area contributed by atoms with E-state index in [-0.39, 0.29) is 11.7 Å². The number of allylic oxidation sites excluding steroid dienone is 5. The molecule has 1 aliphatic carbocycles. The molecule has 1 atom stereocenters. The molecule has 0 spiro atoms. The minimum Gasteiger partial charge on any atom is -0.289 e. The molecule has 0 aromatic rings. The molecule has 0 heterocycles. The predicted molar refractivity (Wildman–Crippen MR) is 48.8 cm³/mol. The lowest BCUT2D eigenvalue weighted by Gasteiger charge is -2.12. The van der Waals surface area contributed by atoms with Crippen LogP contribution in [0.4, 0.5) is 0 Å². The van der Waals surface area contributed by atoms with Gasteiger partial charge in [0.1, 0.15) is 0 Å². The molecule has 1 nitrogen and oxygen atoms in total. The fraction of sp³-hybridized carbons (Fsp3) is 0.222. The molecule has 0 aliphatic heterocycles. The number of rotatable bonds is 2. The van der Waals surface area contributed by atoms with Gasteiger partial charge in [-0.3, -0.25) is 5.11 Å². The zero-order valence-corrected chi connectivity index (χ0v) is 6.93. The van der Waals surface area contributed by atoms with Gasteiger partial charge in [0, 0.05) is 5.92 Å². The Balaban J connectivity index is 2.73. The molecular weight excluding hydrogens is 156 g/mol. The van der Waals surface area contributed by atoms with Crippen LogP contribution < -0.4 is 0 Å². The zero-order valence-electron chi connectivity index (χ0n) is 6.12. The van der Waals surface area contributed by atoms with Crippen LogP contribution in [-0.4, -0.2) is 4.86 Å². The monoisotopic (exact) mass is 165 g/mol. The van der Waals surface area contributed by atoms with Crippen LogP contribution >= 0.6 is 12.2 Å². The molecule has 0 amide bonds. The average molecular weight is 165 g/mol. The Labute approximate surface area is 71.7 Å². The quantitative estimate of drug-likeness (QED) is 0.454. The van der Waals surface area contributed by atoms with Crippen LogP contribution in [0.5, 0.6) is 0 Å². The first-order valence-corrected chi connectivity index (χ1v) is 3.87. The molecule has 0 saturated heterocycles. The highest BCUT2D eigenvalue weighted by Gasteiger charge is 2.17. The summed E-state index contributed by atoms with van der Waals surface area (Å²) in [6.07, 6.45) is 7.73. The summed E-state index contributed by atoms with van der Waals surface area (Å²) in [6.45, 7) is 3.60. The van der Waals surface area contributed by atoms with Crippen molar-refractivity contribution in [3.8, 4) is 0 Å². The van der Waals surface area contributed by atoms with Crippen molar-refractivity contribution in [3.63, 3.8) is 0 Å². The number of thiocarbonyl (C=S) groups is 1. The largest absolute Gasteiger partial charge is 0.289 e. The van der Waals surface area contributed by atoms with Crippen molar-refractivity contribution in [2.45, 2.75) is 6.42 Å². The Bertz CT molecular complexity index is 238. The summed E-state index contributed by atoms with van der Waals surface area (Å²) in [5.74, 6) is 0.0642. The Morgan fingerprint density at radius 1 is 1.73 bits per heavy atom. The van der Waals surface area contributed by atoms with E-state index in [4.69, 9.17) is 12.2 Å². The second kappa shape index (κ2) is 3.49. The summed E-state index contributed by atoms with van der Waals surface area (Å²) in [7, 11) is 0. The topological polar surface area (TPSA) is 19.9 Å². The van der Waals surface area contributed by atoms with E-state index in [0.717, 1.165) is 6.42 Å². The van der Waals surface area contributed by atoms with Crippen molar-refractivity contribution in [3.05, 3.63) is 36.6 Å². The Hall–Kier alpha value is -0.890. The summed E-state index contributed by atoms with van der Waals surface area (Å²) in [4.78, 5) is 0.507. The lowest BCUT2D eigenvalue weighted by molar-refractivity contribution is 0.323. The Kier molecular flexibility index (Phi) is 2.60. The van der Waals surface area contributed by atoms with E-state index in [1.165, 1.54) is 6.08 Å². The highest BCUT2D eigenvalue weighted by atomic mass is 32.1. The normalized spacial score (nSPS) is 23.1. The third-order valence-corrected chi connectivity index (χ3v) is 2.10. The van der Waals surface area contributed by atoms with Crippen LogP contribution in [-0.2, 0) is 5.11 Å². The summed E-state index contributed by atoms with van der Waals surface area (Å²) >= 11 is 4.94. The molecule has 0 aromatic heterocycles. The standard InChI is InChI=1S/C9H9OS/c1-2-4-7-5-3-6-8(10)9(7)11/h2-3,5-7H,1,4H2. The molecule has 1 aliphatic rings. The van der Waals surface area contributed by atoms with Crippen LogP contribution in [0.25, 0.3) is 0 Å². The number of hydrogen-bond donors (Lipinski definition) is 0. The van der Waals surface area contributed by atoms with Crippen molar-refractivity contribution < 1.29 is 5.11 Å². The summed E-state index contributed by atoms with van der Waals surface area (Å²) in [5.41, 5.74) is 0. The van der Waals surface area contributed by atoms with E-state index in [1.807, 2.05) is 6.08 Å². The van der Waals surface area contributed by atoms with Crippen molar-refractivity contribution >= 4 is 17.1 Å². The van der Waals surface area contributed by atoms with Crippen molar-refractivity contribution in [1.82, 2.24) is 0 Å². The van der Waals surface area contributed by atoms with Gasteiger partial charge in [-0.25, -0.2) is 0 Å². The molecule has 1 unspecified atom stereocenters. The van der Waals surface area contributed by atoms with Crippen LogP contribution in [0.15, 0.2) is 36.6 Å². The molecule has 0 aromatic carbocycles. The first kappa shape index (κ1) is 8.21. The molecule has 0 bridgehead atoms. The van der Waals surface area contributed by atoms with E-state index >= 15 is 0 Å². The van der Waals surface area contributed by atoms with E-state index in [0.29, 0.717) is 4.86 Å². The molecule has 1 radical (unpaired) electrons. The molecule has 0 fully saturated rings. The predicted octanol–water partition coefficient (Wildman–Crippen LogP) is 2.43. The highest BCUT2D eigenvalue weighted by Crippen LogP contribution is 2.18. The van der Waals surface area contributed by atoms with Crippen molar-refractivity contribution in [1.29, 1.82) is 0 Å². The molecule has 0 saturated carbocycles. The van der Waals surface area contributed by atoms with Gasteiger partial charge in [-0.05, 0) is 12.5 Å². The summed E-state index contributed by atoms with van der Waals surface area (Å²) in [6, 6.07) is 0. The minimum atomic E-state index is -0.0330. The van der Waals surface area contributed by atoms with Gasteiger partial charge < -0.3 is 0 Å². The molecule has 0 N–H and O–H groups in total. The third kappa shape index (κ3) is 1.77. The lowest BCUT2D eigenvalue weighted by atomic mass is 9.96. The summed E-state index contributed by atoms with van der Waals surface area (Å²) in [5, 5.41) is 11.0. The van der Waals surface area contributed by atoms with Crippen molar-refractivity contribution in [2.24, 2.45) is 5.92 Å². The van der Waals surface area contributed by atoms with Crippen LogP contribution in [0.2, 0.25) is 0 Å². The van der Waals surface area contributed by atoms with Gasteiger partial charge in [-0.15, -0.1) is 6.58 Å². The van der Waals surface area contributed by atoms with Crippen LogP contribution in [0, 0.1) is 5.92 Å². The zero-order chi connectivity index (χ0) is 8.27. The van der Waals surface area contributed by atoms with E-state index in [1.54, 1.807) is 12.2 Å². The maximum Gasteiger partial charge on any atom is 0.193 e. The maximum absolute atomic E-state index is 11.0. The van der Waals surface area contributed by atoms with Gasteiger partial charge in [0.25, 0.3) is 0 Å². The van der Waals surface area contributed by atoms with Gasteiger partial charge in [0.15, 0.2) is 5.76 Å². The van der Waals surface area contributed by atoms with Crippen LogP contribution in [0.3, 0.4) is 0 Å². The summed E-state index contributed by atoms with van der Waals surface area (Å²) < 4.78 is 0. The van der Waals surface area contributed by atoms with Gasteiger partial charge in [0.05, 0.1) is 4.86 Å². The van der Waals surface area contributed by atoms with E-state index < -0.39 is 0 Å². The first-order valence-electron chi connectivity index (χ1n) is 3.46. The molecule has 57 valence electrons. The lowest BCUT2D eigenvalue weighted by Crippen LogP contribution is -2.13. The minimum absolute atomic E-state index is 0.0330. The molecule has 1 rings (SSSR count). The van der Waals surface area contributed by atoms with Gasteiger partial charge in [-0.2, -0.15) is 0 Å². The third-order valence-electron chi connectivity index (χ3n) is 1.59.